The van der Waals surface area contributed by atoms with Gasteiger partial charge in [-0.15, -0.1) is 0 Å². The zero-order chi connectivity index (χ0) is 19.3. The van der Waals surface area contributed by atoms with Crippen molar-refractivity contribution in [3.8, 4) is 0 Å². The van der Waals surface area contributed by atoms with Gasteiger partial charge in [-0.3, -0.25) is 4.79 Å². The number of quaternary nitrogens is 1. The number of nitrogens with two attached hydrogens (primary N) is 1. The van der Waals surface area contributed by atoms with E-state index >= 15 is 0 Å². The normalized spacial score (nSPS) is 14.2. The molecule has 0 aliphatic rings. The van der Waals surface area contributed by atoms with E-state index in [1.54, 1.807) is 39.2 Å². The molecule has 1 heterocycles. The molecular formula is C18H26N3O4S+. The summed E-state index contributed by atoms with van der Waals surface area (Å²) in [6.45, 7) is 7.28. The molecular weight excluding hydrogens is 354 g/mol. The minimum absolute atomic E-state index is 0.0142. The van der Waals surface area contributed by atoms with Crippen molar-refractivity contribution in [2.24, 2.45) is 0 Å². The van der Waals surface area contributed by atoms with E-state index in [0.717, 1.165) is 5.76 Å². The van der Waals surface area contributed by atoms with E-state index in [-0.39, 0.29) is 28.9 Å². The van der Waals surface area contributed by atoms with Gasteiger partial charge in [0.25, 0.3) is 5.91 Å². The second-order valence-electron chi connectivity index (χ2n) is 6.57. The lowest BCUT2D eigenvalue weighted by molar-refractivity contribution is -0.711. The topological polar surface area (TPSA) is 105 Å². The highest BCUT2D eigenvalue weighted by Gasteiger charge is 2.22. The number of sulfonamides is 1. The van der Waals surface area contributed by atoms with Crippen LogP contribution in [0, 0.1) is 0 Å². The maximum Gasteiger partial charge on any atom is 0.282 e. The maximum atomic E-state index is 12.3. The van der Waals surface area contributed by atoms with Gasteiger partial charge in [0.15, 0.2) is 11.8 Å². The molecule has 0 saturated carbocycles. The standard InChI is InChI=1S/C18H25N3O4S/c1-12(2)21-26(23,24)16-9-7-15(8-10-16)20-18(22)14(4)19-13(3)17-6-5-11-25-17/h5-14,19,21H,1-4H3,(H,20,22)/p+1/t13-,14+/m1/s1. The average molecular weight is 380 g/mol. The van der Waals surface area contributed by atoms with Crippen molar-refractivity contribution < 1.29 is 22.9 Å². The van der Waals surface area contributed by atoms with Crippen molar-refractivity contribution in [2.45, 2.75) is 50.7 Å². The van der Waals surface area contributed by atoms with E-state index in [1.165, 1.54) is 12.1 Å². The van der Waals surface area contributed by atoms with Crippen molar-refractivity contribution in [2.75, 3.05) is 5.32 Å². The molecule has 8 heteroatoms. The molecule has 0 aliphatic heterocycles. The van der Waals surface area contributed by atoms with Crippen LogP contribution in [0.5, 0.6) is 0 Å². The molecule has 2 atom stereocenters. The lowest BCUT2D eigenvalue weighted by Gasteiger charge is -2.15. The molecule has 0 spiro atoms. The SMILES string of the molecule is CC(C)NS(=O)(=O)c1ccc(NC(=O)[C@H](C)[NH2+][C@H](C)c2ccco2)cc1. The highest BCUT2D eigenvalue weighted by molar-refractivity contribution is 7.89. The number of amides is 1. The van der Waals surface area contributed by atoms with Crippen LogP contribution in [0.1, 0.15) is 39.5 Å². The predicted molar refractivity (Wildman–Crippen MR) is 99.0 cm³/mol. The summed E-state index contributed by atoms with van der Waals surface area (Å²) in [7, 11) is -3.54. The summed E-state index contributed by atoms with van der Waals surface area (Å²) in [6.07, 6.45) is 1.61. The fraction of sp³-hybridized carbons (Fsp3) is 0.389. The van der Waals surface area contributed by atoms with Crippen LogP contribution in [0.3, 0.4) is 0 Å². The second-order valence-corrected chi connectivity index (χ2v) is 8.29. The summed E-state index contributed by atoms with van der Waals surface area (Å²) in [5, 5.41) is 4.70. The largest absolute Gasteiger partial charge is 0.463 e. The smallest absolute Gasteiger partial charge is 0.282 e. The number of anilines is 1. The van der Waals surface area contributed by atoms with E-state index in [0.29, 0.717) is 5.69 Å². The Morgan fingerprint density at radius 3 is 2.27 bits per heavy atom. The van der Waals surface area contributed by atoms with Crippen molar-refractivity contribution in [1.82, 2.24) is 4.72 Å². The van der Waals surface area contributed by atoms with Crippen LogP contribution < -0.4 is 15.4 Å². The number of rotatable bonds is 8. The van der Waals surface area contributed by atoms with Crippen molar-refractivity contribution in [3.63, 3.8) is 0 Å². The number of furan rings is 1. The second kappa shape index (κ2) is 8.48. The molecule has 0 aliphatic carbocycles. The molecule has 2 rings (SSSR count). The van der Waals surface area contributed by atoms with Gasteiger partial charge in [-0.2, -0.15) is 0 Å². The van der Waals surface area contributed by atoms with Crippen molar-refractivity contribution >= 4 is 21.6 Å². The number of benzene rings is 1. The van der Waals surface area contributed by atoms with E-state index < -0.39 is 10.0 Å². The van der Waals surface area contributed by atoms with Crippen LogP contribution in [0.4, 0.5) is 5.69 Å². The highest BCUT2D eigenvalue weighted by Crippen LogP contribution is 2.15. The lowest BCUT2D eigenvalue weighted by Crippen LogP contribution is -2.91. The first kappa shape index (κ1) is 20.2. The number of carbonyl (C=O) groups is 1. The van der Waals surface area contributed by atoms with Crippen LogP contribution in [-0.2, 0) is 14.8 Å². The molecule has 4 N–H and O–H groups in total. The summed E-state index contributed by atoms with van der Waals surface area (Å²) < 4.78 is 32.1. The number of nitrogens with one attached hydrogen (secondary N) is 2. The minimum Gasteiger partial charge on any atom is -0.463 e. The Kier molecular flexibility index (Phi) is 6.57. The van der Waals surface area contributed by atoms with Crippen LogP contribution in [0.15, 0.2) is 52.0 Å². The Labute approximate surface area is 154 Å². The minimum atomic E-state index is -3.54. The summed E-state index contributed by atoms with van der Waals surface area (Å²) in [5.74, 6) is 0.635. The van der Waals surface area contributed by atoms with Crippen molar-refractivity contribution in [3.05, 3.63) is 48.4 Å². The molecule has 1 aromatic heterocycles. The first-order valence-corrected chi connectivity index (χ1v) is 9.99. The zero-order valence-electron chi connectivity index (χ0n) is 15.4. The van der Waals surface area contributed by atoms with Gasteiger partial charge in [-0.25, -0.2) is 13.1 Å². The molecule has 0 radical (unpaired) electrons. The van der Waals surface area contributed by atoms with Crippen LogP contribution >= 0.6 is 0 Å². The van der Waals surface area contributed by atoms with E-state index in [9.17, 15) is 13.2 Å². The highest BCUT2D eigenvalue weighted by atomic mass is 32.2. The van der Waals surface area contributed by atoms with Gasteiger partial charge in [0, 0.05) is 11.7 Å². The fourth-order valence-corrected chi connectivity index (χ4v) is 3.77. The van der Waals surface area contributed by atoms with Crippen LogP contribution in [-0.4, -0.2) is 26.4 Å². The molecule has 1 amide bonds. The molecule has 7 nitrogen and oxygen atoms in total. The van der Waals surface area contributed by atoms with Gasteiger partial charge in [0.1, 0.15) is 6.04 Å². The molecule has 0 bridgehead atoms. The van der Waals surface area contributed by atoms with Gasteiger partial charge in [-0.05, 0) is 64.1 Å². The van der Waals surface area contributed by atoms with Gasteiger partial charge in [0.2, 0.25) is 10.0 Å². The lowest BCUT2D eigenvalue weighted by atomic mass is 10.2. The van der Waals surface area contributed by atoms with Gasteiger partial charge in [-0.1, -0.05) is 0 Å². The average Bonchev–Trinajstić information content (AvgIpc) is 3.08. The quantitative estimate of drug-likeness (QED) is 0.647. The molecule has 2 aromatic rings. The number of carbonyl (C=O) groups excluding carboxylic acids is 1. The Hall–Kier alpha value is -2.16. The summed E-state index contributed by atoms with van der Waals surface area (Å²) in [4.78, 5) is 12.5. The van der Waals surface area contributed by atoms with Gasteiger partial charge < -0.3 is 15.1 Å². The Bertz CT molecular complexity index is 815. The third-order valence-electron chi connectivity index (χ3n) is 3.81. The third-order valence-corrected chi connectivity index (χ3v) is 5.48. The van der Waals surface area contributed by atoms with E-state index in [2.05, 4.69) is 10.0 Å². The molecule has 142 valence electrons. The maximum absolute atomic E-state index is 12.3. The summed E-state index contributed by atoms with van der Waals surface area (Å²) in [5.41, 5.74) is 0.546. The summed E-state index contributed by atoms with van der Waals surface area (Å²) >= 11 is 0. The first-order valence-electron chi connectivity index (χ1n) is 8.50. The molecule has 0 unspecified atom stereocenters. The molecule has 0 fully saturated rings. The Morgan fingerprint density at radius 1 is 1.08 bits per heavy atom. The fourth-order valence-electron chi connectivity index (χ4n) is 2.52. The van der Waals surface area contributed by atoms with Crippen molar-refractivity contribution in [1.29, 1.82) is 0 Å². The number of hydrogen-bond donors (Lipinski definition) is 3. The van der Waals surface area contributed by atoms with E-state index in [1.807, 2.05) is 24.4 Å². The third kappa shape index (κ3) is 5.42. The molecule has 26 heavy (non-hydrogen) atoms. The number of hydrogen-bond acceptors (Lipinski definition) is 4. The monoisotopic (exact) mass is 380 g/mol. The molecule has 0 saturated heterocycles. The van der Waals surface area contributed by atoms with Gasteiger partial charge >= 0.3 is 0 Å². The first-order chi connectivity index (χ1) is 12.2. The predicted octanol–water partition coefficient (Wildman–Crippen LogP) is 1.62. The molecule has 1 aromatic carbocycles. The zero-order valence-corrected chi connectivity index (χ0v) is 16.2. The van der Waals surface area contributed by atoms with Crippen LogP contribution in [0.25, 0.3) is 0 Å². The Morgan fingerprint density at radius 2 is 1.73 bits per heavy atom. The van der Waals surface area contributed by atoms with Gasteiger partial charge in [0.05, 0.1) is 11.2 Å². The Balaban J connectivity index is 1.96. The van der Waals surface area contributed by atoms with Crippen LogP contribution in [0.2, 0.25) is 0 Å². The summed E-state index contributed by atoms with van der Waals surface area (Å²) in [6, 6.07) is 9.28. The van der Waals surface area contributed by atoms with E-state index in [4.69, 9.17) is 4.42 Å².